The molecule has 2 unspecified atom stereocenters. The fourth-order valence-electron chi connectivity index (χ4n) is 3.59. The SMILES string of the molecule is O=C[C@H](O)[C@@H](O)[C@H](OC1O[C@H](CO)[C@@H](O)[C@H](OC2O[C@H](CO)[C@@H](O)[C@H](O)[C@H]2O)[C@H]1O)[C@H](O)CO. The fourth-order valence-corrected chi connectivity index (χ4v) is 3.59. The van der Waals surface area contributed by atoms with Crippen molar-refractivity contribution in [1.29, 1.82) is 0 Å². The molecular formula is C18H32O16. The third-order valence-corrected chi connectivity index (χ3v) is 5.65. The maximum Gasteiger partial charge on any atom is 0.187 e. The first-order chi connectivity index (χ1) is 16.0. The highest BCUT2D eigenvalue weighted by atomic mass is 16.7. The van der Waals surface area contributed by atoms with E-state index < -0.39 is 106 Å². The molecule has 0 amide bonds. The average molecular weight is 504 g/mol. The molecule has 0 aromatic rings. The van der Waals surface area contributed by atoms with Crippen LogP contribution >= 0.6 is 0 Å². The van der Waals surface area contributed by atoms with Crippen molar-refractivity contribution in [1.82, 2.24) is 0 Å². The molecule has 2 rings (SSSR count). The molecule has 2 saturated heterocycles. The van der Waals surface area contributed by atoms with E-state index in [0.29, 0.717) is 0 Å². The predicted octanol–water partition coefficient (Wildman–Crippen LogP) is -7.73. The van der Waals surface area contributed by atoms with Crippen LogP contribution < -0.4 is 0 Å². The summed E-state index contributed by atoms with van der Waals surface area (Å²) in [5.74, 6) is 0. The first kappa shape index (κ1) is 29.3. The molecule has 16 nitrogen and oxygen atoms in total. The van der Waals surface area contributed by atoms with Crippen LogP contribution in [0.5, 0.6) is 0 Å². The summed E-state index contributed by atoms with van der Waals surface area (Å²) in [6, 6.07) is 0. The normalized spacial score (nSPS) is 42.6. The van der Waals surface area contributed by atoms with E-state index in [1.807, 2.05) is 0 Å². The van der Waals surface area contributed by atoms with E-state index in [9.17, 15) is 61.0 Å². The number of carbonyl (C=O) groups excluding carboxylic acids is 1. The molecule has 0 aromatic carbocycles. The quantitative estimate of drug-likeness (QED) is 0.117. The Balaban J connectivity index is 2.25. The van der Waals surface area contributed by atoms with Crippen LogP contribution in [0, 0.1) is 0 Å². The van der Waals surface area contributed by atoms with Crippen LogP contribution in [-0.4, -0.2) is 168 Å². The molecule has 200 valence electrons. The molecule has 0 bridgehead atoms. The summed E-state index contributed by atoms with van der Waals surface area (Å²) >= 11 is 0. The standard InChI is InChI=1S/C18H32O16/c19-1-5(23)9(25)15(6(24)2-20)33-18-14(30)16(11(27)8(4-22)32-18)34-17-13(29)12(28)10(26)7(3-21)31-17/h1,5-18,20-30H,2-4H2/t5-,6+,7+,8+,9+,10+,11+,12-,13+,14+,15+,16-,17?,18?/m0/s1. The van der Waals surface area contributed by atoms with Crippen LogP contribution in [0.25, 0.3) is 0 Å². The van der Waals surface area contributed by atoms with Gasteiger partial charge in [-0.2, -0.15) is 0 Å². The van der Waals surface area contributed by atoms with Gasteiger partial charge in [0.05, 0.1) is 19.8 Å². The van der Waals surface area contributed by atoms with Crippen LogP contribution in [0.15, 0.2) is 0 Å². The van der Waals surface area contributed by atoms with Crippen molar-refractivity contribution in [2.45, 2.75) is 85.8 Å². The Hall–Kier alpha value is -0.930. The summed E-state index contributed by atoms with van der Waals surface area (Å²) in [5, 5.41) is 109. The molecule has 2 aliphatic rings. The summed E-state index contributed by atoms with van der Waals surface area (Å²) in [6.45, 7) is -2.66. The van der Waals surface area contributed by atoms with E-state index >= 15 is 0 Å². The summed E-state index contributed by atoms with van der Waals surface area (Å²) in [5.41, 5.74) is 0. The lowest BCUT2D eigenvalue weighted by Crippen LogP contribution is -2.65. The van der Waals surface area contributed by atoms with E-state index in [4.69, 9.17) is 18.9 Å². The van der Waals surface area contributed by atoms with Crippen molar-refractivity contribution in [2.24, 2.45) is 0 Å². The summed E-state index contributed by atoms with van der Waals surface area (Å²) in [7, 11) is 0. The van der Waals surface area contributed by atoms with Crippen LogP contribution in [0.3, 0.4) is 0 Å². The Labute approximate surface area is 192 Å². The molecule has 14 atom stereocenters. The van der Waals surface area contributed by atoms with Crippen LogP contribution in [0.1, 0.15) is 0 Å². The molecule has 0 aromatic heterocycles. The number of carbonyl (C=O) groups is 1. The summed E-state index contributed by atoms with van der Waals surface area (Å²) in [4.78, 5) is 10.8. The highest BCUT2D eigenvalue weighted by molar-refractivity contribution is 5.56. The maximum atomic E-state index is 10.8. The van der Waals surface area contributed by atoms with E-state index in [1.165, 1.54) is 0 Å². The van der Waals surface area contributed by atoms with Gasteiger partial charge >= 0.3 is 0 Å². The lowest BCUT2D eigenvalue weighted by atomic mass is 9.96. The lowest BCUT2D eigenvalue weighted by molar-refractivity contribution is -0.368. The third kappa shape index (κ3) is 6.25. The van der Waals surface area contributed by atoms with Crippen molar-refractivity contribution in [3.8, 4) is 0 Å². The van der Waals surface area contributed by atoms with Gasteiger partial charge in [-0.15, -0.1) is 0 Å². The van der Waals surface area contributed by atoms with E-state index in [2.05, 4.69) is 0 Å². The minimum absolute atomic E-state index is 0.0748. The highest BCUT2D eigenvalue weighted by Gasteiger charge is 2.52. The number of rotatable bonds is 11. The highest BCUT2D eigenvalue weighted by Crippen LogP contribution is 2.30. The first-order valence-electron chi connectivity index (χ1n) is 10.4. The molecule has 16 heteroatoms. The average Bonchev–Trinajstić information content (AvgIpc) is 2.84. The second kappa shape index (κ2) is 12.9. The van der Waals surface area contributed by atoms with Gasteiger partial charge in [-0.1, -0.05) is 0 Å². The van der Waals surface area contributed by atoms with Crippen molar-refractivity contribution in [3.05, 3.63) is 0 Å². The largest absolute Gasteiger partial charge is 0.394 e. The second-order valence-electron chi connectivity index (χ2n) is 7.97. The van der Waals surface area contributed by atoms with E-state index in [-0.39, 0.29) is 6.29 Å². The Bertz CT molecular complexity index is 623. The second-order valence-corrected chi connectivity index (χ2v) is 7.97. The smallest absolute Gasteiger partial charge is 0.187 e. The van der Waals surface area contributed by atoms with Gasteiger partial charge in [0.2, 0.25) is 0 Å². The lowest BCUT2D eigenvalue weighted by Gasteiger charge is -2.46. The predicted molar refractivity (Wildman–Crippen MR) is 102 cm³/mol. The minimum Gasteiger partial charge on any atom is -0.394 e. The van der Waals surface area contributed by atoms with Gasteiger partial charge in [0.15, 0.2) is 18.9 Å². The molecule has 34 heavy (non-hydrogen) atoms. The Morgan fingerprint density at radius 3 is 1.85 bits per heavy atom. The molecule has 0 saturated carbocycles. The zero-order valence-electron chi connectivity index (χ0n) is 17.7. The number of aliphatic hydroxyl groups is 11. The van der Waals surface area contributed by atoms with Gasteiger partial charge in [-0.25, -0.2) is 0 Å². The topological polar surface area (TPSA) is 277 Å². The van der Waals surface area contributed by atoms with Gasteiger partial charge < -0.3 is 79.9 Å². The van der Waals surface area contributed by atoms with E-state index in [0.717, 1.165) is 0 Å². The molecule has 0 spiro atoms. The molecule has 11 N–H and O–H groups in total. The zero-order chi connectivity index (χ0) is 25.7. The van der Waals surface area contributed by atoms with E-state index in [1.54, 1.807) is 0 Å². The number of hydrogen-bond acceptors (Lipinski definition) is 16. The Morgan fingerprint density at radius 2 is 1.32 bits per heavy atom. The van der Waals surface area contributed by atoms with Crippen molar-refractivity contribution in [2.75, 3.05) is 19.8 Å². The molecule has 2 heterocycles. The molecular weight excluding hydrogens is 472 g/mol. The van der Waals surface area contributed by atoms with Gasteiger partial charge in [0.1, 0.15) is 73.2 Å². The van der Waals surface area contributed by atoms with Crippen molar-refractivity contribution >= 4 is 6.29 Å². The van der Waals surface area contributed by atoms with Crippen LogP contribution in [-0.2, 0) is 23.7 Å². The molecule has 2 fully saturated rings. The Kier molecular flexibility index (Phi) is 11.1. The monoisotopic (exact) mass is 504 g/mol. The molecule has 2 aliphatic heterocycles. The number of hydrogen-bond donors (Lipinski definition) is 11. The molecule has 0 radical (unpaired) electrons. The fraction of sp³-hybridized carbons (Fsp3) is 0.944. The van der Waals surface area contributed by atoms with Crippen LogP contribution in [0.4, 0.5) is 0 Å². The zero-order valence-corrected chi connectivity index (χ0v) is 17.7. The van der Waals surface area contributed by atoms with Crippen molar-refractivity contribution < 1.29 is 79.9 Å². The number of aliphatic hydroxyl groups excluding tert-OH is 11. The summed E-state index contributed by atoms with van der Waals surface area (Å²) < 4.78 is 21.0. The number of aldehydes is 1. The van der Waals surface area contributed by atoms with Gasteiger partial charge in [-0.05, 0) is 0 Å². The third-order valence-electron chi connectivity index (χ3n) is 5.65. The van der Waals surface area contributed by atoms with Crippen LogP contribution in [0.2, 0.25) is 0 Å². The molecule has 0 aliphatic carbocycles. The van der Waals surface area contributed by atoms with Gasteiger partial charge in [0, 0.05) is 0 Å². The number of ether oxygens (including phenoxy) is 4. The minimum atomic E-state index is -2.10. The van der Waals surface area contributed by atoms with Gasteiger partial charge in [-0.3, -0.25) is 0 Å². The van der Waals surface area contributed by atoms with Crippen molar-refractivity contribution in [3.63, 3.8) is 0 Å². The summed E-state index contributed by atoms with van der Waals surface area (Å²) in [6.07, 6.45) is -25.6. The first-order valence-corrected chi connectivity index (χ1v) is 10.4. The van der Waals surface area contributed by atoms with Gasteiger partial charge in [0.25, 0.3) is 0 Å². The maximum absolute atomic E-state index is 10.8. The Morgan fingerprint density at radius 1 is 0.765 bits per heavy atom.